The molecular formula is C25H25N5O2. The molecule has 0 fully saturated rings. The number of hydrogen-bond donors (Lipinski definition) is 3. The Kier molecular flexibility index (Phi) is 6.26. The highest BCUT2D eigenvalue weighted by Crippen LogP contribution is 2.18. The van der Waals surface area contributed by atoms with E-state index < -0.39 is 11.9 Å². The van der Waals surface area contributed by atoms with Crippen LogP contribution in [0.4, 0.5) is 0 Å². The van der Waals surface area contributed by atoms with E-state index in [-0.39, 0.29) is 17.6 Å². The molecule has 0 aliphatic heterocycles. The monoisotopic (exact) mass is 427 g/mol. The van der Waals surface area contributed by atoms with Gasteiger partial charge in [0.1, 0.15) is 6.04 Å². The Bertz CT molecular complexity index is 1220. The number of aryl methyl sites for hydroxylation is 1. The highest BCUT2D eigenvalue weighted by Gasteiger charge is 2.23. The SMILES string of the molecule is Cc1ccc(CC(NC(=O)C(C)NC(=O)c2n[nH]c3ccccc23)c2ccccn2)cc1. The number of rotatable bonds is 7. The molecule has 162 valence electrons. The van der Waals surface area contributed by atoms with Gasteiger partial charge in [0.15, 0.2) is 5.69 Å². The predicted molar refractivity (Wildman–Crippen MR) is 123 cm³/mol. The minimum absolute atomic E-state index is 0.265. The smallest absolute Gasteiger partial charge is 0.273 e. The normalized spacial score (nSPS) is 12.8. The average molecular weight is 428 g/mol. The summed E-state index contributed by atoms with van der Waals surface area (Å²) >= 11 is 0. The van der Waals surface area contributed by atoms with Crippen LogP contribution in [0.5, 0.6) is 0 Å². The molecule has 7 heteroatoms. The zero-order chi connectivity index (χ0) is 22.5. The van der Waals surface area contributed by atoms with Gasteiger partial charge in [0.05, 0.1) is 17.3 Å². The minimum atomic E-state index is -0.748. The van der Waals surface area contributed by atoms with Crippen molar-refractivity contribution in [3.05, 3.63) is 95.4 Å². The van der Waals surface area contributed by atoms with E-state index in [0.717, 1.165) is 16.8 Å². The Morgan fingerprint density at radius 2 is 1.72 bits per heavy atom. The van der Waals surface area contributed by atoms with Gasteiger partial charge < -0.3 is 10.6 Å². The third-order valence-electron chi connectivity index (χ3n) is 5.35. The van der Waals surface area contributed by atoms with Gasteiger partial charge in [-0.15, -0.1) is 0 Å². The van der Waals surface area contributed by atoms with Gasteiger partial charge >= 0.3 is 0 Å². The maximum absolute atomic E-state index is 13.0. The molecule has 0 spiro atoms. The summed E-state index contributed by atoms with van der Waals surface area (Å²) in [6, 6.07) is 20.1. The molecule has 2 atom stereocenters. The number of benzene rings is 2. The number of aromatic nitrogens is 3. The molecule has 2 heterocycles. The lowest BCUT2D eigenvalue weighted by atomic mass is 10.0. The van der Waals surface area contributed by atoms with Crippen LogP contribution in [0.15, 0.2) is 72.9 Å². The van der Waals surface area contributed by atoms with Gasteiger partial charge in [-0.3, -0.25) is 19.7 Å². The average Bonchev–Trinajstić information content (AvgIpc) is 3.25. The number of H-pyrrole nitrogens is 1. The van der Waals surface area contributed by atoms with Crippen LogP contribution in [0.2, 0.25) is 0 Å². The largest absolute Gasteiger partial charge is 0.346 e. The summed E-state index contributed by atoms with van der Waals surface area (Å²) < 4.78 is 0. The molecule has 0 saturated carbocycles. The van der Waals surface area contributed by atoms with E-state index in [2.05, 4.69) is 25.8 Å². The van der Waals surface area contributed by atoms with Gasteiger partial charge in [0.2, 0.25) is 5.91 Å². The van der Waals surface area contributed by atoms with E-state index in [9.17, 15) is 9.59 Å². The van der Waals surface area contributed by atoms with Crippen molar-refractivity contribution in [1.29, 1.82) is 0 Å². The number of nitrogens with zero attached hydrogens (tertiary/aromatic N) is 2. The second-order valence-electron chi connectivity index (χ2n) is 7.82. The van der Waals surface area contributed by atoms with E-state index in [0.29, 0.717) is 11.8 Å². The lowest BCUT2D eigenvalue weighted by molar-refractivity contribution is -0.123. The van der Waals surface area contributed by atoms with Crippen molar-refractivity contribution in [2.45, 2.75) is 32.4 Å². The molecule has 4 rings (SSSR count). The van der Waals surface area contributed by atoms with Crippen LogP contribution in [-0.2, 0) is 11.2 Å². The number of carbonyl (C=O) groups excluding carboxylic acids is 2. The third kappa shape index (κ3) is 4.83. The number of pyridine rings is 1. The number of amides is 2. The molecule has 0 saturated heterocycles. The Balaban J connectivity index is 1.47. The number of aromatic amines is 1. The van der Waals surface area contributed by atoms with Gasteiger partial charge in [-0.05, 0) is 44.0 Å². The number of carbonyl (C=O) groups is 2. The van der Waals surface area contributed by atoms with Crippen LogP contribution in [-0.4, -0.2) is 33.0 Å². The van der Waals surface area contributed by atoms with Crippen molar-refractivity contribution in [2.75, 3.05) is 0 Å². The number of hydrogen-bond acceptors (Lipinski definition) is 4. The Hall–Kier alpha value is -4.00. The first-order chi connectivity index (χ1) is 15.5. The van der Waals surface area contributed by atoms with Gasteiger partial charge in [-0.1, -0.05) is 54.1 Å². The van der Waals surface area contributed by atoms with Gasteiger partial charge in [-0.2, -0.15) is 5.10 Å². The highest BCUT2D eigenvalue weighted by molar-refractivity contribution is 6.05. The number of para-hydroxylation sites is 1. The van der Waals surface area contributed by atoms with E-state index in [1.165, 1.54) is 5.56 Å². The second-order valence-corrected chi connectivity index (χ2v) is 7.82. The molecule has 0 bridgehead atoms. The standard InChI is InChI=1S/C25H25N5O2/c1-16-10-12-18(13-11-16)15-22(21-9-5-6-14-26-21)28-24(31)17(2)27-25(32)23-19-7-3-4-8-20(19)29-30-23/h3-14,17,22H,15H2,1-2H3,(H,27,32)(H,28,31)(H,29,30). The molecule has 2 aromatic heterocycles. The number of fused-ring (bicyclic) bond motifs is 1. The maximum Gasteiger partial charge on any atom is 0.273 e. The summed E-state index contributed by atoms with van der Waals surface area (Å²) in [6.45, 7) is 3.69. The first kappa shape index (κ1) is 21.2. The number of nitrogens with one attached hydrogen (secondary N) is 3. The van der Waals surface area contributed by atoms with E-state index in [4.69, 9.17) is 0 Å². The summed E-state index contributed by atoms with van der Waals surface area (Å²) in [6.07, 6.45) is 2.30. The Morgan fingerprint density at radius 1 is 0.969 bits per heavy atom. The zero-order valence-corrected chi connectivity index (χ0v) is 18.0. The van der Waals surface area contributed by atoms with E-state index >= 15 is 0 Å². The fourth-order valence-corrected chi connectivity index (χ4v) is 3.54. The molecule has 2 aromatic carbocycles. The molecule has 0 aliphatic carbocycles. The van der Waals surface area contributed by atoms with Crippen molar-refractivity contribution in [1.82, 2.24) is 25.8 Å². The van der Waals surface area contributed by atoms with Gasteiger partial charge in [0, 0.05) is 11.6 Å². The fourth-order valence-electron chi connectivity index (χ4n) is 3.54. The van der Waals surface area contributed by atoms with Crippen molar-refractivity contribution >= 4 is 22.7 Å². The molecule has 7 nitrogen and oxygen atoms in total. The topological polar surface area (TPSA) is 99.8 Å². The molecule has 32 heavy (non-hydrogen) atoms. The third-order valence-corrected chi connectivity index (χ3v) is 5.35. The quantitative estimate of drug-likeness (QED) is 0.420. The van der Waals surface area contributed by atoms with Crippen LogP contribution in [0.1, 0.15) is 40.3 Å². The highest BCUT2D eigenvalue weighted by atomic mass is 16.2. The summed E-state index contributed by atoms with van der Waals surface area (Å²) in [5.41, 5.74) is 4.06. The first-order valence-corrected chi connectivity index (χ1v) is 10.5. The molecule has 0 radical (unpaired) electrons. The van der Waals surface area contributed by atoms with Crippen LogP contribution in [0.25, 0.3) is 10.9 Å². The van der Waals surface area contributed by atoms with Crippen LogP contribution < -0.4 is 10.6 Å². The first-order valence-electron chi connectivity index (χ1n) is 10.5. The van der Waals surface area contributed by atoms with Gasteiger partial charge in [-0.25, -0.2) is 0 Å². The van der Waals surface area contributed by atoms with Crippen LogP contribution in [0, 0.1) is 6.92 Å². The lowest BCUT2D eigenvalue weighted by Crippen LogP contribution is -2.46. The summed E-state index contributed by atoms with van der Waals surface area (Å²) in [4.78, 5) is 30.1. The predicted octanol–water partition coefficient (Wildman–Crippen LogP) is 3.48. The molecule has 2 unspecified atom stereocenters. The summed E-state index contributed by atoms with van der Waals surface area (Å²) in [5, 5.41) is 13.4. The minimum Gasteiger partial charge on any atom is -0.346 e. The van der Waals surface area contributed by atoms with Crippen molar-refractivity contribution in [2.24, 2.45) is 0 Å². The zero-order valence-electron chi connectivity index (χ0n) is 18.0. The molecule has 2 amide bonds. The molecule has 4 aromatic rings. The van der Waals surface area contributed by atoms with Crippen LogP contribution in [0.3, 0.4) is 0 Å². The Morgan fingerprint density at radius 3 is 2.47 bits per heavy atom. The summed E-state index contributed by atoms with van der Waals surface area (Å²) in [7, 11) is 0. The fraction of sp³-hybridized carbons (Fsp3) is 0.200. The second kappa shape index (κ2) is 9.43. The van der Waals surface area contributed by atoms with Crippen LogP contribution >= 0.6 is 0 Å². The molecule has 3 N–H and O–H groups in total. The van der Waals surface area contributed by atoms with Crippen molar-refractivity contribution in [3.63, 3.8) is 0 Å². The summed E-state index contributed by atoms with van der Waals surface area (Å²) in [5.74, 6) is -0.695. The van der Waals surface area contributed by atoms with Gasteiger partial charge in [0.25, 0.3) is 5.91 Å². The lowest BCUT2D eigenvalue weighted by Gasteiger charge is -2.21. The van der Waals surface area contributed by atoms with Crippen molar-refractivity contribution in [3.8, 4) is 0 Å². The molecule has 0 aliphatic rings. The molecular weight excluding hydrogens is 402 g/mol. The Labute approximate surface area is 186 Å². The van der Waals surface area contributed by atoms with E-state index in [1.54, 1.807) is 13.1 Å². The van der Waals surface area contributed by atoms with E-state index in [1.807, 2.05) is 73.7 Å². The maximum atomic E-state index is 13.0. The van der Waals surface area contributed by atoms with Crippen molar-refractivity contribution < 1.29 is 9.59 Å².